The number of rotatable bonds is 3. The predicted molar refractivity (Wildman–Crippen MR) is 123 cm³/mol. The van der Waals surface area contributed by atoms with Crippen molar-refractivity contribution in [1.29, 1.82) is 0 Å². The number of fused-ring (bicyclic) bond motifs is 3. The van der Waals surface area contributed by atoms with Crippen molar-refractivity contribution in [1.82, 2.24) is 5.32 Å². The third-order valence-electron chi connectivity index (χ3n) is 7.32. The summed E-state index contributed by atoms with van der Waals surface area (Å²) in [6, 6.07) is 18.6. The SMILES string of the molecule is CC(=O)N1c2ccc(N3C[C@H]4CC[C@@H](C3)N4)cc2[C@H](Nc2ccccc2)[C@@H](C)[C@@H]1C. The Hall–Kier alpha value is -2.53. The summed E-state index contributed by atoms with van der Waals surface area (Å²) in [4.78, 5) is 17.1. The molecule has 2 aromatic rings. The number of amides is 1. The lowest BCUT2D eigenvalue weighted by Gasteiger charge is -2.45. The van der Waals surface area contributed by atoms with Crippen molar-refractivity contribution >= 4 is 23.0 Å². The van der Waals surface area contributed by atoms with Gasteiger partial charge < -0.3 is 20.4 Å². The predicted octanol–water partition coefficient (Wildman–Crippen LogP) is 4.17. The van der Waals surface area contributed by atoms with Gasteiger partial charge in [-0.15, -0.1) is 0 Å². The first-order valence-electron chi connectivity index (χ1n) is 11.3. The van der Waals surface area contributed by atoms with Crippen molar-refractivity contribution in [3.63, 3.8) is 0 Å². The van der Waals surface area contributed by atoms with E-state index in [-0.39, 0.29) is 23.9 Å². The number of benzene rings is 2. The van der Waals surface area contributed by atoms with E-state index in [1.807, 2.05) is 11.0 Å². The first-order valence-corrected chi connectivity index (χ1v) is 11.3. The van der Waals surface area contributed by atoms with Gasteiger partial charge in [0.1, 0.15) is 0 Å². The van der Waals surface area contributed by atoms with Crippen LogP contribution in [0.2, 0.25) is 0 Å². The summed E-state index contributed by atoms with van der Waals surface area (Å²) in [6.07, 6.45) is 2.55. The van der Waals surface area contributed by atoms with E-state index >= 15 is 0 Å². The van der Waals surface area contributed by atoms with Gasteiger partial charge in [-0.1, -0.05) is 25.1 Å². The van der Waals surface area contributed by atoms with E-state index in [4.69, 9.17) is 0 Å². The Labute approximate surface area is 179 Å². The highest BCUT2D eigenvalue weighted by Gasteiger charge is 2.39. The van der Waals surface area contributed by atoms with Crippen LogP contribution in [0.1, 0.15) is 45.2 Å². The molecule has 1 amide bonds. The van der Waals surface area contributed by atoms with Crippen LogP contribution in [0, 0.1) is 5.92 Å². The molecular weight excluding hydrogens is 372 g/mol. The molecule has 2 aromatic carbocycles. The molecule has 2 bridgehead atoms. The topological polar surface area (TPSA) is 47.6 Å². The molecule has 30 heavy (non-hydrogen) atoms. The van der Waals surface area contributed by atoms with Crippen LogP contribution in [-0.4, -0.2) is 37.1 Å². The van der Waals surface area contributed by atoms with Gasteiger partial charge >= 0.3 is 0 Å². The van der Waals surface area contributed by atoms with Crippen molar-refractivity contribution in [2.24, 2.45) is 5.92 Å². The zero-order valence-corrected chi connectivity index (χ0v) is 18.1. The molecular formula is C25H32N4O. The number of hydrogen-bond acceptors (Lipinski definition) is 4. The first kappa shape index (κ1) is 19.4. The molecule has 2 N–H and O–H groups in total. The molecule has 5 nitrogen and oxygen atoms in total. The molecule has 3 aliphatic heterocycles. The van der Waals surface area contributed by atoms with Crippen molar-refractivity contribution < 1.29 is 4.79 Å². The molecule has 0 spiro atoms. The van der Waals surface area contributed by atoms with Crippen LogP contribution in [0.25, 0.3) is 0 Å². The molecule has 0 aliphatic carbocycles. The summed E-state index contributed by atoms with van der Waals surface area (Å²) in [5.41, 5.74) is 4.66. The van der Waals surface area contributed by atoms with Gasteiger partial charge in [-0.25, -0.2) is 0 Å². The summed E-state index contributed by atoms with van der Waals surface area (Å²) in [5, 5.41) is 7.49. The fourth-order valence-electron chi connectivity index (χ4n) is 5.61. The van der Waals surface area contributed by atoms with Gasteiger partial charge in [-0.05, 0) is 50.1 Å². The van der Waals surface area contributed by atoms with Crippen LogP contribution in [0.4, 0.5) is 17.1 Å². The first-order chi connectivity index (χ1) is 14.5. The van der Waals surface area contributed by atoms with E-state index in [9.17, 15) is 4.79 Å². The van der Waals surface area contributed by atoms with Crippen LogP contribution in [-0.2, 0) is 4.79 Å². The van der Waals surface area contributed by atoms with Crippen LogP contribution in [0.3, 0.4) is 0 Å². The van der Waals surface area contributed by atoms with Gasteiger partial charge in [0.15, 0.2) is 0 Å². The van der Waals surface area contributed by atoms with Crippen LogP contribution in [0.15, 0.2) is 48.5 Å². The molecule has 0 saturated carbocycles. The normalized spacial score (nSPS) is 30.2. The van der Waals surface area contributed by atoms with Crippen LogP contribution in [0.5, 0.6) is 0 Å². The summed E-state index contributed by atoms with van der Waals surface area (Å²) in [7, 11) is 0. The average molecular weight is 405 g/mol. The zero-order valence-electron chi connectivity index (χ0n) is 18.1. The third-order valence-corrected chi connectivity index (χ3v) is 7.32. The Morgan fingerprint density at radius 1 is 1.03 bits per heavy atom. The van der Waals surface area contributed by atoms with E-state index in [2.05, 4.69) is 71.8 Å². The van der Waals surface area contributed by atoms with Crippen molar-refractivity contribution in [2.45, 2.75) is 57.8 Å². The lowest BCUT2D eigenvalue weighted by molar-refractivity contribution is -0.117. The Morgan fingerprint density at radius 3 is 2.40 bits per heavy atom. The number of hydrogen-bond donors (Lipinski definition) is 2. The maximum Gasteiger partial charge on any atom is 0.224 e. The minimum Gasteiger partial charge on any atom is -0.378 e. The lowest BCUT2D eigenvalue weighted by atomic mass is 9.82. The highest BCUT2D eigenvalue weighted by atomic mass is 16.2. The summed E-state index contributed by atoms with van der Waals surface area (Å²) in [6.45, 7) is 8.22. The van der Waals surface area contributed by atoms with E-state index in [1.54, 1.807) is 6.92 Å². The van der Waals surface area contributed by atoms with Crippen LogP contribution >= 0.6 is 0 Å². The van der Waals surface area contributed by atoms with Gasteiger partial charge in [0.05, 0.1) is 6.04 Å². The minimum atomic E-state index is 0.113. The number of para-hydroxylation sites is 1. The minimum absolute atomic E-state index is 0.113. The van der Waals surface area contributed by atoms with E-state index in [1.165, 1.54) is 24.1 Å². The molecule has 2 fully saturated rings. The Bertz CT molecular complexity index is 918. The standard InChI is InChI=1S/C25H32N4O/c1-16-17(2)29(18(3)30)24-12-11-22(28-14-20-9-10-21(15-28)26-20)13-23(24)25(16)27-19-7-5-4-6-8-19/h4-8,11-13,16-17,20-21,25-27H,9-10,14-15H2,1-3H3/t16-,17-,20-,21+,25+/m0/s1. The van der Waals surface area contributed by atoms with Gasteiger partial charge in [0, 0.05) is 66.7 Å². The van der Waals surface area contributed by atoms with E-state index in [0.29, 0.717) is 12.1 Å². The number of carbonyl (C=O) groups is 1. The largest absolute Gasteiger partial charge is 0.378 e. The van der Waals surface area contributed by atoms with Gasteiger partial charge in [-0.3, -0.25) is 4.79 Å². The Kier molecular flexibility index (Phi) is 4.94. The van der Waals surface area contributed by atoms with Gasteiger partial charge in [0.2, 0.25) is 5.91 Å². The summed E-state index contributed by atoms with van der Waals surface area (Å²) >= 11 is 0. The molecule has 2 saturated heterocycles. The molecule has 5 rings (SSSR count). The number of nitrogens with one attached hydrogen (secondary N) is 2. The Balaban J connectivity index is 1.54. The fraction of sp³-hybridized carbons (Fsp3) is 0.480. The quantitative estimate of drug-likeness (QED) is 0.806. The molecule has 3 aliphatic rings. The average Bonchev–Trinajstić information content (AvgIpc) is 3.09. The monoisotopic (exact) mass is 404 g/mol. The molecule has 5 heteroatoms. The second-order valence-electron chi connectivity index (χ2n) is 9.26. The molecule has 0 unspecified atom stereocenters. The molecule has 5 atom stereocenters. The Morgan fingerprint density at radius 2 is 1.73 bits per heavy atom. The van der Waals surface area contributed by atoms with Gasteiger partial charge in [0.25, 0.3) is 0 Å². The summed E-state index contributed by atoms with van der Waals surface area (Å²) < 4.78 is 0. The smallest absolute Gasteiger partial charge is 0.224 e. The van der Waals surface area contributed by atoms with Crippen molar-refractivity contribution in [3.8, 4) is 0 Å². The highest BCUT2D eigenvalue weighted by Crippen LogP contribution is 2.44. The van der Waals surface area contributed by atoms with Crippen LogP contribution < -0.4 is 20.4 Å². The second-order valence-corrected chi connectivity index (χ2v) is 9.26. The molecule has 158 valence electrons. The molecule has 0 radical (unpaired) electrons. The fourth-order valence-corrected chi connectivity index (χ4v) is 5.61. The maximum atomic E-state index is 12.6. The number of piperazine rings is 1. The highest BCUT2D eigenvalue weighted by molar-refractivity contribution is 5.94. The molecule has 0 aromatic heterocycles. The van der Waals surface area contributed by atoms with Crippen molar-refractivity contribution in [3.05, 3.63) is 54.1 Å². The second kappa shape index (κ2) is 7.62. The van der Waals surface area contributed by atoms with E-state index in [0.717, 1.165) is 24.5 Å². The summed E-state index contributed by atoms with van der Waals surface area (Å²) in [5.74, 6) is 0.401. The third kappa shape index (κ3) is 3.35. The number of nitrogens with zero attached hydrogens (tertiary/aromatic N) is 2. The number of carbonyl (C=O) groups excluding carboxylic acids is 1. The zero-order chi connectivity index (χ0) is 20.8. The lowest BCUT2D eigenvalue weighted by Crippen LogP contribution is -2.51. The maximum absolute atomic E-state index is 12.6. The number of anilines is 3. The van der Waals surface area contributed by atoms with Crippen molar-refractivity contribution in [2.75, 3.05) is 28.2 Å². The van der Waals surface area contributed by atoms with Gasteiger partial charge in [-0.2, -0.15) is 0 Å². The van der Waals surface area contributed by atoms with E-state index < -0.39 is 0 Å². The molecule has 3 heterocycles.